The van der Waals surface area contributed by atoms with Crippen LogP contribution < -0.4 is 10.1 Å². The average molecular weight is 532 g/mol. The number of likely N-dealkylation sites (tertiary alicyclic amines) is 2. The molecule has 2 aromatic carbocycles. The second kappa shape index (κ2) is 10.6. The molecule has 0 bridgehead atoms. The molecule has 1 spiro atoms. The Hall–Kier alpha value is -2.90. The van der Waals surface area contributed by atoms with Crippen LogP contribution in [0.5, 0.6) is 5.75 Å². The Morgan fingerprint density at radius 1 is 0.974 bits per heavy atom. The minimum atomic E-state index is -0.420. The third-order valence-corrected chi connectivity index (χ3v) is 9.23. The number of fused-ring (bicyclic) bond motifs is 1. The number of benzene rings is 2. The summed E-state index contributed by atoms with van der Waals surface area (Å²) < 4.78 is 11.8. The van der Waals surface area contributed by atoms with Crippen molar-refractivity contribution in [1.82, 2.24) is 9.80 Å². The van der Waals surface area contributed by atoms with Crippen molar-refractivity contribution in [3.05, 3.63) is 59.2 Å². The summed E-state index contributed by atoms with van der Waals surface area (Å²) in [6, 6.07) is 13.9. The van der Waals surface area contributed by atoms with E-state index < -0.39 is 6.10 Å². The zero-order chi connectivity index (χ0) is 27.0. The normalized spacial score (nSPS) is 23.8. The Morgan fingerprint density at radius 3 is 2.46 bits per heavy atom. The summed E-state index contributed by atoms with van der Waals surface area (Å²) in [5.41, 5.74) is 3.98. The summed E-state index contributed by atoms with van der Waals surface area (Å²) in [4.78, 5) is 30.7. The van der Waals surface area contributed by atoms with Crippen molar-refractivity contribution in [2.24, 2.45) is 5.41 Å². The molecule has 7 nitrogen and oxygen atoms in total. The highest BCUT2D eigenvalue weighted by Gasteiger charge is 2.39. The van der Waals surface area contributed by atoms with E-state index >= 15 is 0 Å². The first-order chi connectivity index (χ1) is 18.8. The summed E-state index contributed by atoms with van der Waals surface area (Å²) >= 11 is 0. The maximum absolute atomic E-state index is 13.5. The number of rotatable bonds is 5. The molecule has 0 radical (unpaired) electrons. The van der Waals surface area contributed by atoms with Gasteiger partial charge >= 0.3 is 0 Å². The lowest BCUT2D eigenvalue weighted by molar-refractivity contribution is -0.124. The molecule has 1 atom stereocenters. The van der Waals surface area contributed by atoms with Crippen molar-refractivity contribution in [3.63, 3.8) is 0 Å². The second-order valence-corrected chi connectivity index (χ2v) is 12.5. The molecule has 3 saturated heterocycles. The lowest BCUT2D eigenvalue weighted by Gasteiger charge is -2.47. The SMILES string of the molecule is CC1(C)Cc2cccc(CN3CCC4(CC3)CCN(C(=O)c3ccccc3NC(=O)C3CCCO3)CC4)c2O1. The number of ether oxygens (including phenoxy) is 2. The van der Waals surface area contributed by atoms with Gasteiger partial charge in [0.1, 0.15) is 17.5 Å². The van der Waals surface area contributed by atoms with E-state index in [4.69, 9.17) is 9.47 Å². The molecule has 1 unspecified atom stereocenters. The molecule has 2 aromatic rings. The van der Waals surface area contributed by atoms with E-state index in [1.807, 2.05) is 29.2 Å². The van der Waals surface area contributed by atoms with Crippen molar-refractivity contribution in [3.8, 4) is 5.75 Å². The lowest BCUT2D eigenvalue weighted by Crippen LogP contribution is -2.48. The monoisotopic (exact) mass is 531 g/mol. The van der Waals surface area contributed by atoms with Gasteiger partial charge in [0.25, 0.3) is 11.8 Å². The van der Waals surface area contributed by atoms with E-state index in [0.717, 1.165) is 70.6 Å². The number of carbonyl (C=O) groups excluding carboxylic acids is 2. The zero-order valence-electron chi connectivity index (χ0n) is 23.3. The summed E-state index contributed by atoms with van der Waals surface area (Å²) in [7, 11) is 0. The van der Waals surface area contributed by atoms with Crippen LogP contribution in [0, 0.1) is 5.41 Å². The maximum atomic E-state index is 13.5. The number of anilines is 1. The minimum Gasteiger partial charge on any atom is -0.487 e. The van der Waals surface area contributed by atoms with Crippen LogP contribution >= 0.6 is 0 Å². The van der Waals surface area contributed by atoms with Crippen LogP contribution in [0.15, 0.2) is 42.5 Å². The lowest BCUT2D eigenvalue weighted by atomic mass is 9.71. The first-order valence-electron chi connectivity index (χ1n) is 14.6. The minimum absolute atomic E-state index is 0.00591. The molecule has 4 aliphatic rings. The Bertz CT molecular complexity index is 1220. The van der Waals surface area contributed by atoms with Gasteiger partial charge in [-0.2, -0.15) is 0 Å². The topological polar surface area (TPSA) is 71.1 Å². The van der Waals surface area contributed by atoms with Crippen LogP contribution in [0.2, 0.25) is 0 Å². The van der Waals surface area contributed by atoms with Crippen LogP contribution in [0.1, 0.15) is 73.9 Å². The quantitative estimate of drug-likeness (QED) is 0.586. The van der Waals surface area contributed by atoms with Gasteiger partial charge in [-0.25, -0.2) is 0 Å². The molecule has 6 rings (SSSR count). The number of amides is 2. The van der Waals surface area contributed by atoms with E-state index in [1.54, 1.807) is 0 Å². The first kappa shape index (κ1) is 26.3. The Balaban J connectivity index is 1.03. The zero-order valence-corrected chi connectivity index (χ0v) is 23.3. The fourth-order valence-electron chi connectivity index (χ4n) is 6.86. The average Bonchev–Trinajstić information content (AvgIpc) is 3.58. The molecule has 208 valence electrons. The van der Waals surface area contributed by atoms with Gasteiger partial charge in [0.05, 0.1) is 11.3 Å². The van der Waals surface area contributed by atoms with E-state index in [-0.39, 0.29) is 17.4 Å². The van der Waals surface area contributed by atoms with Crippen LogP contribution in [-0.4, -0.2) is 66.1 Å². The van der Waals surface area contributed by atoms with Gasteiger partial charge < -0.3 is 19.7 Å². The highest BCUT2D eigenvalue weighted by molar-refractivity contribution is 6.04. The van der Waals surface area contributed by atoms with Crippen molar-refractivity contribution in [1.29, 1.82) is 0 Å². The van der Waals surface area contributed by atoms with Crippen molar-refractivity contribution >= 4 is 17.5 Å². The van der Waals surface area contributed by atoms with Gasteiger partial charge in [0, 0.05) is 38.2 Å². The summed E-state index contributed by atoms with van der Waals surface area (Å²) in [6.07, 6.45) is 6.59. The fourth-order valence-corrected chi connectivity index (χ4v) is 6.86. The molecular weight excluding hydrogens is 490 g/mol. The van der Waals surface area contributed by atoms with Crippen molar-refractivity contribution in [2.45, 2.75) is 77.0 Å². The molecule has 1 N–H and O–H groups in total. The smallest absolute Gasteiger partial charge is 0.255 e. The molecule has 0 aliphatic carbocycles. The van der Waals surface area contributed by atoms with Gasteiger partial charge in [-0.3, -0.25) is 14.5 Å². The van der Waals surface area contributed by atoms with Crippen LogP contribution in [-0.2, 0) is 22.5 Å². The number of nitrogens with one attached hydrogen (secondary N) is 1. The van der Waals surface area contributed by atoms with Gasteiger partial charge in [0.2, 0.25) is 0 Å². The van der Waals surface area contributed by atoms with E-state index in [2.05, 4.69) is 42.3 Å². The third-order valence-electron chi connectivity index (χ3n) is 9.23. The number of hydrogen-bond acceptors (Lipinski definition) is 5. The van der Waals surface area contributed by atoms with Crippen LogP contribution in [0.4, 0.5) is 5.69 Å². The van der Waals surface area contributed by atoms with Gasteiger partial charge in [-0.05, 0) is 88.6 Å². The fraction of sp³-hybridized carbons (Fsp3) is 0.562. The number of hydrogen-bond donors (Lipinski definition) is 1. The van der Waals surface area contributed by atoms with Crippen molar-refractivity contribution in [2.75, 3.05) is 38.1 Å². The molecule has 0 saturated carbocycles. The summed E-state index contributed by atoms with van der Waals surface area (Å²) in [5.74, 6) is 0.945. The maximum Gasteiger partial charge on any atom is 0.255 e. The van der Waals surface area contributed by atoms with Gasteiger partial charge in [0.15, 0.2) is 0 Å². The number of piperidine rings is 2. The number of nitrogens with zero attached hydrogens (tertiary/aromatic N) is 2. The standard InChI is InChI=1S/C32H41N3O4/c1-31(2)21-23-7-5-8-24(28(23)39-31)22-34-16-12-32(13-17-34)14-18-35(19-15-32)30(37)25-9-3-4-10-26(25)33-29(36)27-11-6-20-38-27/h3-5,7-10,27H,6,11-22H2,1-2H3,(H,33,36). The Morgan fingerprint density at radius 2 is 1.72 bits per heavy atom. The summed E-state index contributed by atoms with van der Waals surface area (Å²) in [5, 5.41) is 2.95. The molecule has 4 aliphatic heterocycles. The van der Waals surface area contributed by atoms with Gasteiger partial charge in [-0.1, -0.05) is 30.3 Å². The van der Waals surface area contributed by atoms with Crippen LogP contribution in [0.3, 0.4) is 0 Å². The number of carbonyl (C=O) groups is 2. The van der Waals surface area contributed by atoms with E-state index in [1.165, 1.54) is 24.0 Å². The van der Waals surface area contributed by atoms with Crippen molar-refractivity contribution < 1.29 is 19.1 Å². The Kier molecular flexibility index (Phi) is 7.15. The molecule has 0 aromatic heterocycles. The molecule has 2 amide bonds. The second-order valence-electron chi connectivity index (χ2n) is 12.5. The first-order valence-corrected chi connectivity index (χ1v) is 14.6. The highest BCUT2D eigenvalue weighted by Crippen LogP contribution is 2.43. The van der Waals surface area contributed by atoms with Crippen LogP contribution in [0.25, 0.3) is 0 Å². The Labute approximate surface area is 231 Å². The highest BCUT2D eigenvalue weighted by atomic mass is 16.5. The molecule has 3 fully saturated rings. The van der Waals surface area contributed by atoms with E-state index in [0.29, 0.717) is 23.3 Å². The van der Waals surface area contributed by atoms with Gasteiger partial charge in [-0.15, -0.1) is 0 Å². The predicted molar refractivity (Wildman–Crippen MR) is 151 cm³/mol. The number of para-hydroxylation sites is 2. The third kappa shape index (κ3) is 5.57. The molecular formula is C32H41N3O4. The molecule has 39 heavy (non-hydrogen) atoms. The molecule has 4 heterocycles. The predicted octanol–water partition coefficient (Wildman–Crippen LogP) is 5.04. The largest absolute Gasteiger partial charge is 0.487 e. The summed E-state index contributed by atoms with van der Waals surface area (Å²) in [6.45, 7) is 9.58. The molecule has 7 heteroatoms. The van der Waals surface area contributed by atoms with E-state index in [9.17, 15) is 9.59 Å².